The SMILES string of the molecule is CC1(OC(=O)C=C(CC2CC2)c2ccc(Cl)c(N)c2)CC1. The fourth-order valence-electron chi connectivity index (χ4n) is 2.33. The predicted octanol–water partition coefficient (Wildman–Crippen LogP) is 4.20. The lowest BCUT2D eigenvalue weighted by Crippen LogP contribution is -2.14. The van der Waals surface area contributed by atoms with Crippen LogP contribution in [0.4, 0.5) is 5.69 Å². The number of allylic oxidation sites excluding steroid dienone is 1. The monoisotopic (exact) mass is 305 g/mol. The van der Waals surface area contributed by atoms with E-state index in [4.69, 9.17) is 22.1 Å². The van der Waals surface area contributed by atoms with Crippen LogP contribution in [0.2, 0.25) is 5.02 Å². The van der Waals surface area contributed by atoms with E-state index in [-0.39, 0.29) is 11.6 Å². The maximum absolute atomic E-state index is 12.1. The van der Waals surface area contributed by atoms with Crippen LogP contribution in [0.15, 0.2) is 24.3 Å². The Morgan fingerprint density at radius 1 is 1.48 bits per heavy atom. The molecule has 2 saturated carbocycles. The van der Waals surface area contributed by atoms with E-state index in [1.165, 1.54) is 12.8 Å². The Balaban J connectivity index is 1.81. The lowest BCUT2D eigenvalue weighted by molar-refractivity contribution is -0.143. The minimum atomic E-state index is -0.251. The van der Waals surface area contributed by atoms with Gasteiger partial charge in [-0.2, -0.15) is 0 Å². The van der Waals surface area contributed by atoms with E-state index in [0.29, 0.717) is 16.6 Å². The van der Waals surface area contributed by atoms with E-state index < -0.39 is 0 Å². The highest BCUT2D eigenvalue weighted by molar-refractivity contribution is 6.33. The van der Waals surface area contributed by atoms with Gasteiger partial charge in [-0.3, -0.25) is 0 Å². The highest BCUT2D eigenvalue weighted by Gasteiger charge is 2.41. The minimum absolute atomic E-state index is 0.239. The molecule has 0 bridgehead atoms. The number of anilines is 1. The summed E-state index contributed by atoms with van der Waals surface area (Å²) in [5.41, 5.74) is 8.13. The molecule has 3 rings (SSSR count). The van der Waals surface area contributed by atoms with Crippen molar-refractivity contribution < 1.29 is 9.53 Å². The molecule has 0 aliphatic heterocycles. The first-order valence-electron chi connectivity index (χ1n) is 7.44. The van der Waals surface area contributed by atoms with Crippen LogP contribution < -0.4 is 5.73 Å². The molecule has 0 radical (unpaired) electrons. The van der Waals surface area contributed by atoms with Gasteiger partial charge in [0.2, 0.25) is 0 Å². The Morgan fingerprint density at radius 2 is 2.19 bits per heavy atom. The molecular formula is C17H20ClNO2. The molecule has 2 fully saturated rings. The Bertz CT molecular complexity index is 601. The van der Waals surface area contributed by atoms with Crippen molar-refractivity contribution in [2.24, 2.45) is 5.92 Å². The molecule has 0 saturated heterocycles. The fourth-order valence-corrected chi connectivity index (χ4v) is 2.45. The van der Waals surface area contributed by atoms with Gasteiger partial charge < -0.3 is 10.5 Å². The van der Waals surface area contributed by atoms with Crippen LogP contribution in [0.3, 0.4) is 0 Å². The molecule has 0 unspecified atom stereocenters. The first-order chi connectivity index (χ1) is 9.95. The first kappa shape index (κ1) is 14.5. The van der Waals surface area contributed by atoms with Crippen molar-refractivity contribution >= 4 is 28.8 Å². The van der Waals surface area contributed by atoms with Gasteiger partial charge in [0.1, 0.15) is 5.60 Å². The van der Waals surface area contributed by atoms with E-state index in [0.717, 1.165) is 30.4 Å². The summed E-state index contributed by atoms with van der Waals surface area (Å²) in [6.45, 7) is 1.97. The zero-order chi connectivity index (χ0) is 15.0. The second-order valence-corrected chi connectivity index (χ2v) is 6.83. The third kappa shape index (κ3) is 3.79. The number of hydrogen-bond donors (Lipinski definition) is 1. The van der Waals surface area contributed by atoms with Crippen LogP contribution in [0.5, 0.6) is 0 Å². The molecule has 0 aromatic heterocycles. The molecule has 1 aromatic carbocycles. The molecule has 1 aromatic rings. The average molecular weight is 306 g/mol. The summed E-state index contributed by atoms with van der Waals surface area (Å²) in [4.78, 5) is 12.1. The van der Waals surface area contributed by atoms with E-state index in [2.05, 4.69) is 0 Å². The molecule has 2 N–H and O–H groups in total. The highest BCUT2D eigenvalue weighted by atomic mass is 35.5. The second-order valence-electron chi connectivity index (χ2n) is 6.42. The molecule has 0 heterocycles. The van der Waals surface area contributed by atoms with Crippen LogP contribution in [0, 0.1) is 5.92 Å². The van der Waals surface area contributed by atoms with Crippen molar-refractivity contribution in [3.63, 3.8) is 0 Å². The molecule has 3 nitrogen and oxygen atoms in total. The normalized spacial score (nSPS) is 20.2. The number of nitrogens with two attached hydrogens (primary N) is 1. The molecule has 0 atom stereocenters. The first-order valence-corrected chi connectivity index (χ1v) is 7.82. The van der Waals surface area contributed by atoms with E-state index in [1.807, 2.05) is 19.1 Å². The van der Waals surface area contributed by atoms with E-state index in [1.54, 1.807) is 12.1 Å². The molecule has 21 heavy (non-hydrogen) atoms. The molecule has 0 amide bonds. The maximum Gasteiger partial charge on any atom is 0.331 e. The average Bonchev–Trinajstić information content (AvgIpc) is 3.32. The Kier molecular flexibility index (Phi) is 3.70. The van der Waals surface area contributed by atoms with Gasteiger partial charge in [-0.15, -0.1) is 0 Å². The molecule has 112 valence electrons. The van der Waals surface area contributed by atoms with Crippen LogP contribution in [-0.2, 0) is 9.53 Å². The van der Waals surface area contributed by atoms with Crippen LogP contribution in [0.25, 0.3) is 5.57 Å². The largest absolute Gasteiger partial charge is 0.456 e. The number of benzene rings is 1. The van der Waals surface area contributed by atoms with Crippen molar-refractivity contribution in [3.05, 3.63) is 34.9 Å². The summed E-state index contributed by atoms with van der Waals surface area (Å²) in [5, 5.41) is 0.539. The van der Waals surface area contributed by atoms with Crippen molar-refractivity contribution in [2.45, 2.75) is 44.6 Å². The summed E-state index contributed by atoms with van der Waals surface area (Å²) < 4.78 is 5.48. The zero-order valence-corrected chi connectivity index (χ0v) is 13.0. The summed E-state index contributed by atoms with van der Waals surface area (Å²) in [6.07, 6.45) is 6.90. The van der Waals surface area contributed by atoms with E-state index >= 15 is 0 Å². The number of carbonyl (C=O) groups excluding carboxylic acids is 1. The molecule has 4 heteroatoms. The predicted molar refractivity (Wildman–Crippen MR) is 84.9 cm³/mol. The Hall–Kier alpha value is -1.48. The number of nitrogen functional groups attached to an aromatic ring is 1. The number of carbonyl (C=O) groups is 1. The molecule has 0 spiro atoms. The van der Waals surface area contributed by atoms with Gasteiger partial charge in [0.15, 0.2) is 0 Å². The van der Waals surface area contributed by atoms with Gasteiger partial charge in [0.25, 0.3) is 0 Å². The summed E-state index contributed by atoms with van der Waals surface area (Å²) in [7, 11) is 0. The van der Waals surface area contributed by atoms with Crippen molar-refractivity contribution in [3.8, 4) is 0 Å². The summed E-state index contributed by atoms with van der Waals surface area (Å²) in [6, 6.07) is 5.53. The fraction of sp³-hybridized carbons (Fsp3) is 0.471. The van der Waals surface area contributed by atoms with Gasteiger partial charge in [-0.25, -0.2) is 4.79 Å². The Labute approximate surface area is 130 Å². The Morgan fingerprint density at radius 3 is 2.76 bits per heavy atom. The van der Waals surface area contributed by atoms with Gasteiger partial charge in [-0.1, -0.05) is 17.7 Å². The van der Waals surface area contributed by atoms with Crippen LogP contribution >= 0.6 is 11.6 Å². The van der Waals surface area contributed by atoms with Crippen LogP contribution in [-0.4, -0.2) is 11.6 Å². The number of hydrogen-bond acceptors (Lipinski definition) is 3. The molecular weight excluding hydrogens is 286 g/mol. The molecule has 2 aliphatic carbocycles. The smallest absolute Gasteiger partial charge is 0.331 e. The lowest BCUT2D eigenvalue weighted by atomic mass is 9.99. The summed E-state index contributed by atoms with van der Waals surface area (Å²) in [5.74, 6) is 0.427. The van der Waals surface area contributed by atoms with Gasteiger partial charge in [0.05, 0.1) is 10.7 Å². The van der Waals surface area contributed by atoms with Crippen LogP contribution in [0.1, 0.15) is 44.6 Å². The lowest BCUT2D eigenvalue weighted by Gasteiger charge is -2.12. The van der Waals surface area contributed by atoms with Crippen molar-refractivity contribution in [2.75, 3.05) is 5.73 Å². The third-order valence-electron chi connectivity index (χ3n) is 4.17. The van der Waals surface area contributed by atoms with Crippen molar-refractivity contribution in [1.82, 2.24) is 0 Å². The standard InChI is InChI=1S/C17H20ClNO2/c1-17(6-7-17)21-16(20)10-13(8-11-2-3-11)12-4-5-14(18)15(19)9-12/h4-5,9-11H,2-3,6-8,19H2,1H3. The van der Waals surface area contributed by atoms with E-state index in [9.17, 15) is 4.79 Å². The highest BCUT2D eigenvalue weighted by Crippen LogP contribution is 2.41. The second kappa shape index (κ2) is 5.38. The number of rotatable bonds is 5. The molecule has 2 aliphatic rings. The van der Waals surface area contributed by atoms with Crippen molar-refractivity contribution in [1.29, 1.82) is 0 Å². The quantitative estimate of drug-likeness (QED) is 0.504. The maximum atomic E-state index is 12.1. The third-order valence-corrected chi connectivity index (χ3v) is 4.51. The number of esters is 1. The van der Waals surface area contributed by atoms with Gasteiger partial charge >= 0.3 is 5.97 Å². The number of ether oxygens (including phenoxy) is 1. The minimum Gasteiger partial charge on any atom is -0.456 e. The zero-order valence-electron chi connectivity index (χ0n) is 12.2. The van der Waals surface area contributed by atoms with Gasteiger partial charge in [0, 0.05) is 6.08 Å². The topological polar surface area (TPSA) is 52.3 Å². The van der Waals surface area contributed by atoms with Gasteiger partial charge in [-0.05, 0) is 68.2 Å². The number of halogens is 1. The summed E-state index contributed by atoms with van der Waals surface area (Å²) >= 11 is 5.97.